The van der Waals surface area contributed by atoms with Crippen LogP contribution in [-0.4, -0.2) is 57.8 Å². The predicted octanol–water partition coefficient (Wildman–Crippen LogP) is 6.61. The van der Waals surface area contributed by atoms with Gasteiger partial charge in [-0.15, -0.1) is 0 Å². The number of fused-ring (bicyclic) bond motifs is 1. The van der Waals surface area contributed by atoms with E-state index < -0.39 is 17.7 Å². The lowest BCUT2D eigenvalue weighted by Crippen LogP contribution is -2.29. The van der Waals surface area contributed by atoms with Crippen molar-refractivity contribution in [1.82, 2.24) is 14.5 Å². The summed E-state index contributed by atoms with van der Waals surface area (Å²) in [6.07, 6.45) is 8.11. The normalized spacial score (nSPS) is 17.9. The molecule has 3 N–H and O–H groups in total. The molecule has 0 bridgehead atoms. The van der Waals surface area contributed by atoms with Gasteiger partial charge >= 0.3 is 5.97 Å². The number of hydrogen-bond acceptors (Lipinski definition) is 7. The van der Waals surface area contributed by atoms with Crippen LogP contribution >= 0.6 is 0 Å². The first-order valence-corrected chi connectivity index (χ1v) is 17.2. The quantitative estimate of drug-likeness (QED) is 0.232. The summed E-state index contributed by atoms with van der Waals surface area (Å²) in [6.45, 7) is 14.5. The maximum atomic E-state index is 15.4. The number of likely N-dealkylation sites (N-methyl/N-ethyl adjacent to an activating group) is 1. The number of hydrogen-bond donors (Lipinski definition) is 3. The number of aryl methyl sites for hydroxylation is 1. The Bertz CT molecular complexity index is 1830. The summed E-state index contributed by atoms with van der Waals surface area (Å²) in [5.41, 5.74) is 5.14. The van der Waals surface area contributed by atoms with E-state index in [4.69, 9.17) is 9.73 Å². The SMILES string of the molecule is CCC1CCCN(CC)CC(C)=CC(Nc2cc(-c3cc(F)cc(NC(=O)c4cc5c([nH]4)CC(C)(C)C5)c3COC(C)=O)cn(C)c2=O)=N1. The maximum absolute atomic E-state index is 15.4. The molecule has 0 radical (unpaired) electrons. The third kappa shape index (κ3) is 8.75. The highest BCUT2D eigenvalue weighted by Crippen LogP contribution is 2.37. The number of carbonyl (C=O) groups excluding carboxylic acids is 2. The summed E-state index contributed by atoms with van der Waals surface area (Å²) in [5.74, 6) is -0.969. The Morgan fingerprint density at radius 1 is 1.14 bits per heavy atom. The topological polar surface area (TPSA) is 121 Å². The Morgan fingerprint density at radius 2 is 1.92 bits per heavy atom. The molecule has 3 heterocycles. The molecular weight excluding hydrogens is 623 g/mol. The van der Waals surface area contributed by atoms with Crippen LogP contribution in [0.3, 0.4) is 0 Å². The van der Waals surface area contributed by atoms with E-state index in [0.717, 1.165) is 68.6 Å². The summed E-state index contributed by atoms with van der Waals surface area (Å²) in [4.78, 5) is 49.5. The van der Waals surface area contributed by atoms with E-state index >= 15 is 4.39 Å². The van der Waals surface area contributed by atoms with Gasteiger partial charge in [0.05, 0.1) is 11.7 Å². The largest absolute Gasteiger partial charge is 0.461 e. The number of aliphatic imine (C=N–C) groups is 1. The fourth-order valence-electron chi connectivity index (χ4n) is 6.84. The van der Waals surface area contributed by atoms with E-state index in [-0.39, 0.29) is 35.0 Å². The van der Waals surface area contributed by atoms with E-state index in [1.807, 2.05) is 12.1 Å². The number of esters is 1. The van der Waals surface area contributed by atoms with Gasteiger partial charge < -0.3 is 24.9 Å². The lowest BCUT2D eigenvalue weighted by molar-refractivity contribution is -0.142. The lowest BCUT2D eigenvalue weighted by atomic mass is 9.90. The number of aromatic amines is 1. The van der Waals surface area contributed by atoms with Crippen LogP contribution in [0.25, 0.3) is 11.1 Å². The number of carbonyl (C=O) groups is 2. The number of ether oxygens (including phenoxy) is 1. The number of H-pyrrole nitrogens is 1. The van der Waals surface area contributed by atoms with Crippen molar-refractivity contribution in [3.8, 4) is 11.1 Å². The van der Waals surface area contributed by atoms with E-state index in [9.17, 15) is 14.4 Å². The molecule has 2 aromatic heterocycles. The number of benzene rings is 1. The van der Waals surface area contributed by atoms with Crippen molar-refractivity contribution in [2.24, 2.45) is 17.5 Å². The zero-order valence-electron chi connectivity index (χ0n) is 29.8. The molecule has 1 unspecified atom stereocenters. The van der Waals surface area contributed by atoms with Gasteiger partial charge in [-0.3, -0.25) is 24.3 Å². The van der Waals surface area contributed by atoms with Crippen molar-refractivity contribution < 1.29 is 18.7 Å². The highest BCUT2D eigenvalue weighted by Gasteiger charge is 2.31. The summed E-state index contributed by atoms with van der Waals surface area (Å²) < 4.78 is 22.2. The van der Waals surface area contributed by atoms with Crippen molar-refractivity contribution in [2.45, 2.75) is 86.3 Å². The third-order valence-corrected chi connectivity index (χ3v) is 9.31. The second kappa shape index (κ2) is 14.9. The smallest absolute Gasteiger partial charge is 0.302 e. The van der Waals surface area contributed by atoms with Crippen LogP contribution < -0.4 is 16.2 Å². The first-order chi connectivity index (χ1) is 23.2. The van der Waals surface area contributed by atoms with Gasteiger partial charge in [0.2, 0.25) is 0 Å². The minimum Gasteiger partial charge on any atom is -0.461 e. The second-order valence-corrected chi connectivity index (χ2v) is 14.2. The standard InChI is InChI=1S/C38H49FN6O4/c1-8-28-11-10-12-45(9-2)20-23(3)13-35(40-28)42-33-15-26(21-44(7)37(33)48)29-16-27(39)17-31(30(29)22-49-24(4)46)43-36(47)32-14-25-18-38(5,6)19-34(25)41-32/h13-17,21,28,41H,8-12,18-20,22H2,1-7H3,(H,40,42)(H,43,47). The van der Waals surface area contributed by atoms with Gasteiger partial charge in [-0.25, -0.2) is 4.39 Å². The number of rotatable bonds is 8. The number of anilines is 2. The van der Waals surface area contributed by atoms with Crippen LogP contribution in [-0.2, 0) is 36.0 Å². The average molecular weight is 673 g/mol. The van der Waals surface area contributed by atoms with Gasteiger partial charge in [0.25, 0.3) is 11.5 Å². The Labute approximate surface area is 287 Å². The number of amidine groups is 1. The lowest BCUT2D eigenvalue weighted by Gasteiger charge is -2.24. The highest BCUT2D eigenvalue weighted by molar-refractivity contribution is 6.05. The van der Waals surface area contributed by atoms with Gasteiger partial charge in [-0.1, -0.05) is 33.3 Å². The molecule has 10 nitrogen and oxygen atoms in total. The zero-order chi connectivity index (χ0) is 35.5. The number of nitrogens with one attached hydrogen (secondary N) is 3. The van der Waals surface area contributed by atoms with Gasteiger partial charge in [0.15, 0.2) is 0 Å². The Balaban J connectivity index is 1.53. The molecule has 1 aliphatic carbocycles. The molecule has 0 saturated carbocycles. The highest BCUT2D eigenvalue weighted by atomic mass is 19.1. The maximum Gasteiger partial charge on any atom is 0.302 e. The van der Waals surface area contributed by atoms with Crippen LogP contribution in [0, 0.1) is 11.2 Å². The molecule has 3 aromatic rings. The zero-order valence-corrected chi connectivity index (χ0v) is 29.8. The molecule has 0 saturated heterocycles. The first kappa shape index (κ1) is 35.8. The monoisotopic (exact) mass is 672 g/mol. The molecule has 49 heavy (non-hydrogen) atoms. The molecule has 11 heteroatoms. The molecule has 0 spiro atoms. The summed E-state index contributed by atoms with van der Waals surface area (Å²) >= 11 is 0. The third-order valence-electron chi connectivity index (χ3n) is 9.31. The fourth-order valence-corrected chi connectivity index (χ4v) is 6.84. The number of amides is 1. The Kier molecular flexibility index (Phi) is 10.9. The molecule has 1 aromatic carbocycles. The molecular formula is C38H49FN6O4. The molecule has 0 fully saturated rings. The van der Waals surface area contributed by atoms with Gasteiger partial charge in [0.1, 0.15) is 29.6 Å². The average Bonchev–Trinajstić information content (AvgIpc) is 3.54. The summed E-state index contributed by atoms with van der Waals surface area (Å²) in [5, 5.41) is 6.14. The van der Waals surface area contributed by atoms with E-state index in [2.05, 4.69) is 55.1 Å². The number of halogens is 1. The minimum atomic E-state index is -0.600. The van der Waals surface area contributed by atoms with Crippen molar-refractivity contribution in [3.63, 3.8) is 0 Å². The van der Waals surface area contributed by atoms with Crippen molar-refractivity contribution in [2.75, 3.05) is 30.3 Å². The van der Waals surface area contributed by atoms with Crippen LogP contribution in [0.1, 0.15) is 88.1 Å². The first-order valence-electron chi connectivity index (χ1n) is 17.2. The molecule has 262 valence electrons. The summed E-state index contributed by atoms with van der Waals surface area (Å²) in [6, 6.07) is 6.13. The molecule has 1 aliphatic heterocycles. The van der Waals surface area contributed by atoms with E-state index in [1.54, 1.807) is 19.3 Å². The Morgan fingerprint density at radius 3 is 2.61 bits per heavy atom. The van der Waals surface area contributed by atoms with Crippen LogP contribution in [0.5, 0.6) is 0 Å². The summed E-state index contributed by atoms with van der Waals surface area (Å²) in [7, 11) is 1.63. The number of aromatic nitrogens is 2. The van der Waals surface area contributed by atoms with Crippen molar-refractivity contribution in [3.05, 3.63) is 80.8 Å². The molecule has 1 atom stereocenters. The van der Waals surface area contributed by atoms with E-state index in [0.29, 0.717) is 28.2 Å². The van der Waals surface area contributed by atoms with Crippen LogP contribution in [0.2, 0.25) is 0 Å². The molecule has 5 rings (SSSR count). The van der Waals surface area contributed by atoms with E-state index in [1.165, 1.54) is 23.6 Å². The number of nitrogens with zero attached hydrogens (tertiary/aromatic N) is 3. The van der Waals surface area contributed by atoms with Crippen molar-refractivity contribution >= 4 is 29.1 Å². The molecule has 2 aliphatic rings. The second-order valence-electron chi connectivity index (χ2n) is 14.2. The Hall–Kier alpha value is -4.51. The van der Waals surface area contributed by atoms with Gasteiger partial charge in [-0.2, -0.15) is 0 Å². The van der Waals surface area contributed by atoms with Crippen LogP contribution in [0.4, 0.5) is 15.8 Å². The number of pyridine rings is 1. The van der Waals surface area contributed by atoms with Crippen molar-refractivity contribution in [1.29, 1.82) is 0 Å². The fraction of sp³-hybridized carbons (Fsp3) is 0.474. The van der Waals surface area contributed by atoms with Crippen LogP contribution in [0.15, 0.2) is 51.9 Å². The van der Waals surface area contributed by atoms with Gasteiger partial charge in [0, 0.05) is 43.5 Å². The molecule has 1 amide bonds. The minimum absolute atomic E-state index is 0.0902. The van der Waals surface area contributed by atoms with Gasteiger partial charge in [-0.05, 0) is 99.0 Å². The predicted molar refractivity (Wildman–Crippen MR) is 193 cm³/mol.